The Bertz CT molecular complexity index is 610. The van der Waals surface area contributed by atoms with Crippen LogP contribution in [0.5, 0.6) is 5.75 Å². The van der Waals surface area contributed by atoms with Crippen LogP contribution in [0.1, 0.15) is 24.8 Å². The maximum atomic E-state index is 13.9. The molecule has 2 aliphatic heterocycles. The number of hydrogen-bond donors (Lipinski definition) is 0. The largest absolute Gasteiger partial charge is 0.494 e. The zero-order valence-electron chi connectivity index (χ0n) is 14.4. The Balaban J connectivity index is 1.73. The summed E-state index contributed by atoms with van der Waals surface area (Å²) in [7, 11) is 3.30. The molecular formula is C18H25FN2O3. The van der Waals surface area contributed by atoms with Gasteiger partial charge in [0.2, 0.25) is 0 Å². The Morgan fingerprint density at radius 1 is 1.33 bits per heavy atom. The summed E-state index contributed by atoms with van der Waals surface area (Å²) < 4.78 is 24.8. The number of morpholine rings is 1. The molecular weight excluding hydrogens is 311 g/mol. The Morgan fingerprint density at radius 2 is 2.17 bits per heavy atom. The number of hydrogen-bond acceptors (Lipinski definition) is 4. The highest BCUT2D eigenvalue weighted by Crippen LogP contribution is 2.30. The van der Waals surface area contributed by atoms with Crippen LogP contribution in [-0.2, 0) is 16.1 Å². The number of nitrogens with zero attached hydrogens (tertiary/aromatic N) is 2. The van der Waals surface area contributed by atoms with Crippen LogP contribution in [0.15, 0.2) is 18.2 Å². The Labute approximate surface area is 142 Å². The lowest BCUT2D eigenvalue weighted by molar-refractivity contribution is -0.169. The zero-order valence-corrected chi connectivity index (χ0v) is 14.4. The molecule has 1 unspecified atom stereocenters. The lowest BCUT2D eigenvalue weighted by Crippen LogP contribution is -2.59. The summed E-state index contributed by atoms with van der Waals surface area (Å²) in [5.74, 6) is -0.0355. The topological polar surface area (TPSA) is 42.0 Å². The number of methoxy groups -OCH3 is 1. The summed E-state index contributed by atoms with van der Waals surface area (Å²) in [6.45, 7) is 3.21. The van der Waals surface area contributed by atoms with Crippen molar-refractivity contribution in [3.63, 3.8) is 0 Å². The van der Waals surface area contributed by atoms with E-state index in [0.717, 1.165) is 37.9 Å². The molecule has 5 nitrogen and oxygen atoms in total. The molecule has 0 saturated carbocycles. The predicted octanol–water partition coefficient (Wildman–Crippen LogP) is 2.05. The number of likely N-dealkylation sites (N-methyl/N-ethyl adjacent to an activating group) is 1. The van der Waals surface area contributed by atoms with Gasteiger partial charge in [0.15, 0.2) is 17.2 Å². The first-order valence-corrected chi connectivity index (χ1v) is 8.48. The van der Waals surface area contributed by atoms with Crippen molar-refractivity contribution in [2.45, 2.75) is 31.4 Å². The van der Waals surface area contributed by atoms with E-state index in [1.54, 1.807) is 11.0 Å². The first kappa shape index (κ1) is 17.2. The van der Waals surface area contributed by atoms with E-state index in [-0.39, 0.29) is 17.5 Å². The molecule has 1 amide bonds. The van der Waals surface area contributed by atoms with Crippen LogP contribution in [0, 0.1) is 5.82 Å². The van der Waals surface area contributed by atoms with Crippen LogP contribution in [0.4, 0.5) is 4.39 Å². The highest BCUT2D eigenvalue weighted by atomic mass is 19.1. The van der Waals surface area contributed by atoms with Crippen LogP contribution in [-0.4, -0.2) is 61.7 Å². The van der Waals surface area contributed by atoms with Crippen molar-refractivity contribution < 1.29 is 18.7 Å². The summed E-state index contributed by atoms with van der Waals surface area (Å²) >= 11 is 0. The van der Waals surface area contributed by atoms with Crippen LogP contribution in [0.2, 0.25) is 0 Å². The smallest absolute Gasteiger partial charge is 0.255 e. The molecule has 6 heteroatoms. The second-order valence-corrected chi connectivity index (χ2v) is 6.71. The van der Waals surface area contributed by atoms with E-state index in [9.17, 15) is 9.18 Å². The van der Waals surface area contributed by atoms with E-state index in [2.05, 4.69) is 4.90 Å². The van der Waals surface area contributed by atoms with Crippen LogP contribution < -0.4 is 4.74 Å². The fourth-order valence-electron chi connectivity index (χ4n) is 3.65. The van der Waals surface area contributed by atoms with Crippen LogP contribution in [0.25, 0.3) is 0 Å². The van der Waals surface area contributed by atoms with Crippen molar-refractivity contribution >= 4 is 5.91 Å². The van der Waals surface area contributed by atoms with E-state index in [1.165, 1.54) is 13.2 Å². The van der Waals surface area contributed by atoms with E-state index in [1.807, 2.05) is 13.1 Å². The zero-order chi connectivity index (χ0) is 17.2. The van der Waals surface area contributed by atoms with Gasteiger partial charge in [0.05, 0.1) is 13.7 Å². The second kappa shape index (κ2) is 7.07. The molecule has 0 radical (unpaired) electrons. The first-order chi connectivity index (χ1) is 11.5. The Hall–Kier alpha value is -1.66. The van der Waals surface area contributed by atoms with Crippen molar-refractivity contribution in [1.82, 2.24) is 9.80 Å². The van der Waals surface area contributed by atoms with Crippen LogP contribution >= 0.6 is 0 Å². The van der Waals surface area contributed by atoms with Crippen molar-refractivity contribution in [3.8, 4) is 5.75 Å². The van der Waals surface area contributed by atoms with Gasteiger partial charge in [0, 0.05) is 33.2 Å². The van der Waals surface area contributed by atoms with Crippen molar-refractivity contribution in [2.75, 3.05) is 40.4 Å². The van der Waals surface area contributed by atoms with Gasteiger partial charge in [-0.1, -0.05) is 6.07 Å². The highest BCUT2D eigenvalue weighted by molar-refractivity contribution is 5.85. The standard InChI is InChI=1S/C18H25FN2O3/c1-20-8-4-3-7-18(17(20)22)13-21(9-10-24-18)12-14-5-6-16(23-2)15(19)11-14/h5-6,11H,3-4,7-10,12-13H2,1-2H3. The van der Waals surface area contributed by atoms with E-state index >= 15 is 0 Å². The van der Waals surface area contributed by atoms with Gasteiger partial charge in [-0.25, -0.2) is 4.39 Å². The third kappa shape index (κ3) is 3.39. The fourth-order valence-corrected chi connectivity index (χ4v) is 3.65. The van der Waals surface area contributed by atoms with Crippen LogP contribution in [0.3, 0.4) is 0 Å². The predicted molar refractivity (Wildman–Crippen MR) is 88.4 cm³/mol. The van der Waals surface area contributed by atoms with Crippen molar-refractivity contribution in [1.29, 1.82) is 0 Å². The average Bonchev–Trinajstić information content (AvgIpc) is 2.70. The van der Waals surface area contributed by atoms with Crippen molar-refractivity contribution in [2.24, 2.45) is 0 Å². The molecule has 0 N–H and O–H groups in total. The number of ether oxygens (including phenoxy) is 2. The second-order valence-electron chi connectivity index (χ2n) is 6.71. The lowest BCUT2D eigenvalue weighted by atomic mass is 9.94. The molecule has 1 spiro atoms. The first-order valence-electron chi connectivity index (χ1n) is 8.48. The minimum atomic E-state index is -0.742. The van der Waals surface area contributed by atoms with Gasteiger partial charge < -0.3 is 14.4 Å². The minimum absolute atomic E-state index is 0.0746. The number of amides is 1. The Kier molecular flexibility index (Phi) is 5.06. The van der Waals surface area contributed by atoms with Gasteiger partial charge in [-0.05, 0) is 37.0 Å². The summed E-state index contributed by atoms with van der Waals surface area (Å²) in [5, 5.41) is 0. The molecule has 132 valence electrons. The monoisotopic (exact) mass is 336 g/mol. The third-order valence-electron chi connectivity index (χ3n) is 4.95. The average molecular weight is 336 g/mol. The van der Waals surface area contributed by atoms with Gasteiger partial charge in [0.1, 0.15) is 0 Å². The van der Waals surface area contributed by atoms with Gasteiger partial charge >= 0.3 is 0 Å². The lowest BCUT2D eigenvalue weighted by Gasteiger charge is -2.42. The quantitative estimate of drug-likeness (QED) is 0.847. The molecule has 0 aliphatic carbocycles. The normalized spacial score (nSPS) is 25.8. The molecule has 2 aliphatic rings. The molecule has 2 fully saturated rings. The summed E-state index contributed by atoms with van der Waals surface area (Å²) in [5.41, 5.74) is 0.133. The summed E-state index contributed by atoms with van der Waals surface area (Å²) in [6.07, 6.45) is 2.75. The molecule has 24 heavy (non-hydrogen) atoms. The van der Waals surface area contributed by atoms with E-state index < -0.39 is 5.60 Å². The number of carbonyl (C=O) groups excluding carboxylic acids is 1. The fraction of sp³-hybridized carbons (Fsp3) is 0.611. The van der Waals surface area contributed by atoms with E-state index in [0.29, 0.717) is 19.7 Å². The number of likely N-dealkylation sites (tertiary alicyclic amines) is 1. The van der Waals surface area contributed by atoms with Crippen molar-refractivity contribution in [3.05, 3.63) is 29.6 Å². The van der Waals surface area contributed by atoms with Gasteiger partial charge in [-0.3, -0.25) is 9.69 Å². The number of rotatable bonds is 3. The highest BCUT2D eigenvalue weighted by Gasteiger charge is 2.45. The van der Waals surface area contributed by atoms with Gasteiger partial charge in [-0.2, -0.15) is 0 Å². The Morgan fingerprint density at radius 3 is 2.92 bits per heavy atom. The molecule has 1 aromatic carbocycles. The van der Waals surface area contributed by atoms with Gasteiger partial charge in [-0.15, -0.1) is 0 Å². The van der Waals surface area contributed by atoms with Gasteiger partial charge in [0.25, 0.3) is 5.91 Å². The molecule has 1 aromatic rings. The number of halogens is 1. The maximum absolute atomic E-state index is 13.9. The number of carbonyl (C=O) groups is 1. The third-order valence-corrected chi connectivity index (χ3v) is 4.95. The molecule has 2 heterocycles. The minimum Gasteiger partial charge on any atom is -0.494 e. The summed E-state index contributed by atoms with van der Waals surface area (Å²) in [4.78, 5) is 16.7. The van der Waals surface area contributed by atoms with E-state index in [4.69, 9.17) is 9.47 Å². The molecule has 0 bridgehead atoms. The summed E-state index contributed by atoms with van der Waals surface area (Å²) in [6, 6.07) is 5.01. The SMILES string of the molecule is COc1ccc(CN2CCOC3(CCCCN(C)C3=O)C2)cc1F. The maximum Gasteiger partial charge on any atom is 0.255 e. The molecule has 0 aromatic heterocycles. The molecule has 1 atom stereocenters. The number of benzene rings is 1. The molecule has 2 saturated heterocycles. The molecule has 3 rings (SSSR count).